The van der Waals surface area contributed by atoms with Gasteiger partial charge in [-0.1, -0.05) is 6.07 Å². The number of hydrogen-bond acceptors (Lipinski definition) is 3. The van der Waals surface area contributed by atoms with Gasteiger partial charge in [-0.2, -0.15) is 0 Å². The molecule has 2 atom stereocenters. The van der Waals surface area contributed by atoms with Gasteiger partial charge in [0.1, 0.15) is 0 Å². The predicted octanol–water partition coefficient (Wildman–Crippen LogP) is 1.52. The maximum absolute atomic E-state index is 6.08. The minimum absolute atomic E-state index is 0.192. The second kappa shape index (κ2) is 5.24. The van der Waals surface area contributed by atoms with Gasteiger partial charge in [0.15, 0.2) is 0 Å². The Morgan fingerprint density at radius 3 is 3.20 bits per heavy atom. The summed E-state index contributed by atoms with van der Waals surface area (Å²) in [5, 5.41) is 0. The van der Waals surface area contributed by atoms with Crippen molar-refractivity contribution in [2.45, 2.75) is 37.8 Å². The first-order valence-corrected chi connectivity index (χ1v) is 5.60. The molecule has 1 aliphatic heterocycles. The monoisotopic (exact) mass is 206 g/mol. The van der Waals surface area contributed by atoms with E-state index in [0.717, 1.165) is 19.4 Å². The lowest BCUT2D eigenvalue weighted by atomic mass is 10.0. The van der Waals surface area contributed by atoms with Gasteiger partial charge in [0.25, 0.3) is 0 Å². The lowest BCUT2D eigenvalue weighted by Crippen LogP contribution is -2.28. The second-order valence-corrected chi connectivity index (χ2v) is 4.20. The molecular formula is C12H18N2O. The van der Waals surface area contributed by atoms with Crippen LogP contribution in [0.25, 0.3) is 0 Å². The summed E-state index contributed by atoms with van der Waals surface area (Å²) >= 11 is 0. The van der Waals surface area contributed by atoms with E-state index in [4.69, 9.17) is 10.5 Å². The minimum atomic E-state index is 0.192. The topological polar surface area (TPSA) is 48.1 Å². The average molecular weight is 206 g/mol. The molecule has 15 heavy (non-hydrogen) atoms. The van der Waals surface area contributed by atoms with E-state index in [1.165, 1.54) is 18.4 Å². The summed E-state index contributed by atoms with van der Waals surface area (Å²) < 4.78 is 5.57. The highest BCUT2D eigenvalue weighted by molar-refractivity contribution is 5.10. The number of nitrogens with two attached hydrogens (primary N) is 1. The first-order chi connectivity index (χ1) is 7.34. The smallest absolute Gasteiger partial charge is 0.0590 e. The fourth-order valence-corrected chi connectivity index (χ4v) is 2.07. The summed E-state index contributed by atoms with van der Waals surface area (Å²) in [6, 6.07) is 4.22. The fraction of sp³-hybridized carbons (Fsp3) is 0.583. The maximum atomic E-state index is 6.08. The van der Waals surface area contributed by atoms with Crippen molar-refractivity contribution < 1.29 is 4.74 Å². The van der Waals surface area contributed by atoms with E-state index in [9.17, 15) is 0 Å². The van der Waals surface area contributed by atoms with Crippen LogP contribution in [0, 0.1) is 0 Å². The van der Waals surface area contributed by atoms with Crippen LogP contribution in [0.3, 0.4) is 0 Å². The summed E-state index contributed by atoms with van der Waals surface area (Å²) in [6.07, 6.45) is 8.27. The van der Waals surface area contributed by atoms with Gasteiger partial charge < -0.3 is 10.5 Å². The van der Waals surface area contributed by atoms with E-state index in [2.05, 4.69) is 11.1 Å². The Morgan fingerprint density at radius 1 is 1.60 bits per heavy atom. The van der Waals surface area contributed by atoms with Crippen molar-refractivity contribution in [3.63, 3.8) is 0 Å². The van der Waals surface area contributed by atoms with Crippen molar-refractivity contribution in [2.24, 2.45) is 5.73 Å². The molecule has 1 fully saturated rings. The van der Waals surface area contributed by atoms with Gasteiger partial charge in [-0.25, -0.2) is 0 Å². The van der Waals surface area contributed by atoms with Gasteiger partial charge in [-0.15, -0.1) is 0 Å². The second-order valence-electron chi connectivity index (χ2n) is 4.20. The molecule has 2 heterocycles. The van der Waals surface area contributed by atoms with Gasteiger partial charge in [-0.3, -0.25) is 4.98 Å². The standard InChI is InChI=1S/C12H18N2O/c13-11(8-12-4-2-6-15-12)7-10-3-1-5-14-9-10/h1,3,5,9,11-12H,2,4,6-8,13H2. The molecule has 3 nitrogen and oxygen atoms in total. The van der Waals surface area contributed by atoms with Gasteiger partial charge >= 0.3 is 0 Å². The van der Waals surface area contributed by atoms with E-state index in [-0.39, 0.29) is 6.04 Å². The van der Waals surface area contributed by atoms with Crippen molar-refractivity contribution in [3.05, 3.63) is 30.1 Å². The van der Waals surface area contributed by atoms with Crippen LogP contribution in [-0.2, 0) is 11.2 Å². The molecular weight excluding hydrogens is 188 g/mol. The zero-order valence-electron chi connectivity index (χ0n) is 8.93. The average Bonchev–Trinajstić information content (AvgIpc) is 2.71. The van der Waals surface area contributed by atoms with E-state index < -0.39 is 0 Å². The van der Waals surface area contributed by atoms with Crippen LogP contribution in [0.1, 0.15) is 24.8 Å². The van der Waals surface area contributed by atoms with Crippen LogP contribution in [0.5, 0.6) is 0 Å². The van der Waals surface area contributed by atoms with Crippen molar-refractivity contribution in [3.8, 4) is 0 Å². The first kappa shape index (κ1) is 10.6. The van der Waals surface area contributed by atoms with Crippen molar-refractivity contribution in [1.82, 2.24) is 4.98 Å². The number of aromatic nitrogens is 1. The summed E-state index contributed by atoms with van der Waals surface area (Å²) in [5.74, 6) is 0. The molecule has 0 saturated carbocycles. The minimum Gasteiger partial charge on any atom is -0.378 e. The van der Waals surface area contributed by atoms with Gasteiger partial charge in [0.2, 0.25) is 0 Å². The zero-order valence-corrected chi connectivity index (χ0v) is 8.93. The van der Waals surface area contributed by atoms with E-state index in [1.54, 1.807) is 6.20 Å². The number of rotatable bonds is 4. The fourth-order valence-electron chi connectivity index (χ4n) is 2.07. The molecule has 2 N–H and O–H groups in total. The number of hydrogen-bond donors (Lipinski definition) is 1. The maximum Gasteiger partial charge on any atom is 0.0590 e. The van der Waals surface area contributed by atoms with Gasteiger partial charge in [0.05, 0.1) is 6.10 Å². The summed E-state index contributed by atoms with van der Waals surface area (Å²) in [5.41, 5.74) is 7.29. The lowest BCUT2D eigenvalue weighted by Gasteiger charge is -2.15. The molecule has 1 aromatic rings. The molecule has 1 saturated heterocycles. The largest absolute Gasteiger partial charge is 0.378 e. The Bertz CT molecular complexity index is 283. The number of pyridine rings is 1. The summed E-state index contributed by atoms with van der Waals surface area (Å²) in [7, 11) is 0. The third-order valence-electron chi connectivity index (χ3n) is 2.81. The first-order valence-electron chi connectivity index (χ1n) is 5.60. The number of ether oxygens (including phenoxy) is 1. The van der Waals surface area contributed by atoms with Crippen molar-refractivity contribution >= 4 is 0 Å². The van der Waals surface area contributed by atoms with Crippen LogP contribution in [0.15, 0.2) is 24.5 Å². The molecule has 0 aromatic carbocycles. The predicted molar refractivity (Wildman–Crippen MR) is 59.5 cm³/mol. The molecule has 0 amide bonds. The Morgan fingerprint density at radius 2 is 2.53 bits per heavy atom. The molecule has 1 aliphatic rings. The molecule has 0 radical (unpaired) electrons. The van der Waals surface area contributed by atoms with Crippen LogP contribution in [0.2, 0.25) is 0 Å². The van der Waals surface area contributed by atoms with Crippen LogP contribution in [-0.4, -0.2) is 23.7 Å². The normalized spacial score (nSPS) is 22.9. The van der Waals surface area contributed by atoms with Gasteiger partial charge in [-0.05, 0) is 37.3 Å². The van der Waals surface area contributed by atoms with E-state index in [1.807, 2.05) is 12.3 Å². The quantitative estimate of drug-likeness (QED) is 0.812. The molecule has 82 valence electrons. The molecule has 0 spiro atoms. The Labute approximate surface area is 90.7 Å². The molecule has 0 aliphatic carbocycles. The SMILES string of the molecule is NC(Cc1cccnc1)CC1CCCO1. The molecule has 3 heteroatoms. The third kappa shape index (κ3) is 3.29. The molecule has 0 bridgehead atoms. The van der Waals surface area contributed by atoms with Crippen LogP contribution in [0.4, 0.5) is 0 Å². The van der Waals surface area contributed by atoms with Gasteiger partial charge in [0, 0.05) is 25.0 Å². The molecule has 2 rings (SSSR count). The summed E-state index contributed by atoms with van der Waals surface area (Å²) in [6.45, 7) is 0.907. The Hall–Kier alpha value is -0.930. The van der Waals surface area contributed by atoms with E-state index in [0.29, 0.717) is 6.10 Å². The highest BCUT2D eigenvalue weighted by Gasteiger charge is 2.18. The van der Waals surface area contributed by atoms with Crippen molar-refractivity contribution in [2.75, 3.05) is 6.61 Å². The molecule has 2 unspecified atom stereocenters. The third-order valence-corrected chi connectivity index (χ3v) is 2.81. The number of nitrogens with zero attached hydrogens (tertiary/aromatic N) is 1. The Kier molecular flexibility index (Phi) is 3.69. The highest BCUT2D eigenvalue weighted by Crippen LogP contribution is 2.17. The van der Waals surface area contributed by atoms with Crippen LogP contribution >= 0.6 is 0 Å². The molecule has 1 aromatic heterocycles. The van der Waals surface area contributed by atoms with E-state index >= 15 is 0 Å². The summed E-state index contributed by atoms with van der Waals surface area (Å²) in [4.78, 5) is 4.08. The Balaban J connectivity index is 1.79. The lowest BCUT2D eigenvalue weighted by molar-refractivity contribution is 0.0983. The highest BCUT2D eigenvalue weighted by atomic mass is 16.5. The van der Waals surface area contributed by atoms with Crippen LogP contribution < -0.4 is 5.73 Å². The zero-order chi connectivity index (χ0) is 10.5. The van der Waals surface area contributed by atoms with Crippen molar-refractivity contribution in [1.29, 1.82) is 0 Å².